The maximum absolute atomic E-state index is 9.83. The number of benzene rings is 8. The summed E-state index contributed by atoms with van der Waals surface area (Å²) >= 11 is 0. The first-order chi connectivity index (χ1) is 31.8. The van der Waals surface area contributed by atoms with Gasteiger partial charge in [0.2, 0.25) is 0 Å². The number of fused-ring (bicyclic) bond motifs is 10. The summed E-state index contributed by atoms with van der Waals surface area (Å²) in [5, 5.41) is -5.22. The summed E-state index contributed by atoms with van der Waals surface area (Å²) in [7, 11) is 0. The first-order valence-electron chi connectivity index (χ1n) is 25.1. The lowest BCUT2D eigenvalue weighted by Gasteiger charge is -2.18. The molecule has 204 valence electrons. The lowest BCUT2D eigenvalue weighted by atomic mass is 9.84. The second kappa shape index (κ2) is 8.82. The molecular weight excluding hydrogens is 536 g/mol. The van der Waals surface area contributed by atoms with Crippen LogP contribution in [0.3, 0.4) is 0 Å². The molecule has 2 heteroatoms. The predicted octanol–water partition coefficient (Wildman–Crippen LogP) is 12.3. The van der Waals surface area contributed by atoms with E-state index in [2.05, 4.69) is 0 Å². The molecular formula is C42H24O2. The zero-order valence-corrected chi connectivity index (χ0v) is 21.8. The van der Waals surface area contributed by atoms with E-state index in [-0.39, 0.29) is 16.4 Å². The van der Waals surface area contributed by atoms with Gasteiger partial charge in [0.25, 0.3) is 0 Å². The van der Waals surface area contributed by atoms with Gasteiger partial charge in [0.15, 0.2) is 11.2 Å². The highest BCUT2D eigenvalue weighted by Gasteiger charge is 2.20. The first kappa shape index (κ1) is 10.4. The number of rotatable bonds is 2. The minimum atomic E-state index is -0.941. The standard InChI is InChI=1S/C42H24O2/c1-2-12-27-25(10-1)11-9-18-29(27)40-32-16-5-3-14-30(32)39(31-15-4-6-17-33(31)40)26-20-23-38-36(24-26)35-22-21-34-28-13-7-8-19-37(28)43-41(34)42(35)44-38/h1-24H/i1D,2D,3D,4D,5D,6D,7D,8D,9D,10D,11D,12D,13D,14D,15D,16D,17D,18D,19D,20D,21D,22D,23D,24D. The third-order valence-electron chi connectivity index (χ3n) is 7.50. The fourth-order valence-electron chi connectivity index (χ4n) is 5.67. The highest BCUT2D eigenvalue weighted by atomic mass is 16.4. The van der Waals surface area contributed by atoms with E-state index in [4.69, 9.17) is 29.4 Å². The van der Waals surface area contributed by atoms with Crippen molar-refractivity contribution in [1.82, 2.24) is 0 Å². The quantitative estimate of drug-likeness (QED) is 0.189. The molecule has 2 aromatic heterocycles. The van der Waals surface area contributed by atoms with Gasteiger partial charge < -0.3 is 8.83 Å². The fraction of sp³-hybridized carbons (Fsp3) is 0. The minimum Gasteiger partial charge on any atom is -0.452 e. The topological polar surface area (TPSA) is 26.3 Å². The van der Waals surface area contributed by atoms with Gasteiger partial charge >= 0.3 is 0 Å². The van der Waals surface area contributed by atoms with Gasteiger partial charge in [0.05, 0.1) is 32.9 Å². The molecule has 0 unspecified atom stereocenters. The van der Waals surface area contributed by atoms with Gasteiger partial charge in [-0.15, -0.1) is 0 Å². The van der Waals surface area contributed by atoms with Crippen molar-refractivity contribution in [1.29, 1.82) is 0 Å². The van der Waals surface area contributed by atoms with Crippen LogP contribution in [0, 0.1) is 0 Å². The zero-order chi connectivity index (χ0) is 49.7. The molecule has 0 radical (unpaired) electrons. The lowest BCUT2D eigenvalue weighted by Crippen LogP contribution is -1.91. The second-order valence-corrected chi connectivity index (χ2v) is 9.77. The highest BCUT2D eigenvalue weighted by molar-refractivity contribution is 6.25. The number of furan rings is 2. The smallest absolute Gasteiger partial charge is 0.178 e. The zero-order valence-electron chi connectivity index (χ0n) is 45.8. The molecule has 10 aromatic rings. The molecule has 2 nitrogen and oxygen atoms in total. The largest absolute Gasteiger partial charge is 0.452 e. The molecule has 0 fully saturated rings. The molecule has 0 saturated heterocycles. The van der Waals surface area contributed by atoms with Crippen LogP contribution in [0.5, 0.6) is 0 Å². The molecule has 8 aromatic carbocycles. The van der Waals surface area contributed by atoms with E-state index < -0.39 is 227 Å². The molecule has 0 aliphatic heterocycles. The van der Waals surface area contributed by atoms with Crippen LogP contribution in [0.15, 0.2) is 154 Å². The molecule has 10 rings (SSSR count). The van der Waals surface area contributed by atoms with Gasteiger partial charge in [-0.3, -0.25) is 0 Å². The lowest BCUT2D eigenvalue weighted by molar-refractivity contribution is 0.633. The van der Waals surface area contributed by atoms with E-state index in [1.807, 2.05) is 0 Å². The molecule has 0 amide bonds. The van der Waals surface area contributed by atoms with Crippen LogP contribution in [0.4, 0.5) is 0 Å². The van der Waals surface area contributed by atoms with Crippen LogP contribution in [0.1, 0.15) is 32.9 Å². The number of hydrogen-bond donors (Lipinski definition) is 0. The van der Waals surface area contributed by atoms with Gasteiger partial charge in [-0.25, -0.2) is 0 Å². The average molecular weight is 585 g/mol. The molecule has 0 aliphatic rings. The van der Waals surface area contributed by atoms with Gasteiger partial charge in [0, 0.05) is 21.5 Å². The Hall–Kier alpha value is -5.86. The Kier molecular flexibility index (Phi) is 2.08. The van der Waals surface area contributed by atoms with Crippen LogP contribution in [0.25, 0.3) is 98.4 Å². The summed E-state index contributed by atoms with van der Waals surface area (Å²) in [5.41, 5.74) is -4.41. The Bertz CT molecular complexity index is 4040. The third kappa shape index (κ3) is 3.20. The summed E-state index contributed by atoms with van der Waals surface area (Å²) in [5.74, 6) is 0. The van der Waals surface area contributed by atoms with E-state index >= 15 is 0 Å². The van der Waals surface area contributed by atoms with Gasteiger partial charge in [0.1, 0.15) is 11.2 Å². The first-order valence-corrected chi connectivity index (χ1v) is 13.1. The van der Waals surface area contributed by atoms with Crippen molar-refractivity contribution in [3.63, 3.8) is 0 Å². The van der Waals surface area contributed by atoms with E-state index in [0.717, 1.165) is 0 Å². The maximum Gasteiger partial charge on any atom is 0.178 e. The monoisotopic (exact) mass is 584 g/mol. The molecule has 2 heterocycles. The Morgan fingerprint density at radius 3 is 1.59 bits per heavy atom. The normalized spacial score (nSPS) is 19.7. The molecule has 0 spiro atoms. The Balaban J connectivity index is 1.51. The summed E-state index contributed by atoms with van der Waals surface area (Å²) in [6.07, 6.45) is 0. The molecule has 0 atom stereocenters. The Morgan fingerprint density at radius 2 is 0.886 bits per heavy atom. The summed E-state index contributed by atoms with van der Waals surface area (Å²) < 4.78 is 227. The molecule has 44 heavy (non-hydrogen) atoms. The van der Waals surface area contributed by atoms with E-state index in [1.54, 1.807) is 0 Å². The summed E-state index contributed by atoms with van der Waals surface area (Å²) in [4.78, 5) is 0. The van der Waals surface area contributed by atoms with E-state index in [1.165, 1.54) is 0 Å². The van der Waals surface area contributed by atoms with Crippen molar-refractivity contribution in [2.75, 3.05) is 0 Å². The van der Waals surface area contributed by atoms with Gasteiger partial charge in [-0.1, -0.05) is 115 Å². The van der Waals surface area contributed by atoms with Crippen molar-refractivity contribution in [3.8, 4) is 22.3 Å². The maximum atomic E-state index is 9.83. The van der Waals surface area contributed by atoms with Crippen molar-refractivity contribution in [2.24, 2.45) is 0 Å². The van der Waals surface area contributed by atoms with Crippen LogP contribution in [-0.4, -0.2) is 0 Å². The molecule has 0 N–H and O–H groups in total. The van der Waals surface area contributed by atoms with Crippen LogP contribution in [0.2, 0.25) is 0 Å². The van der Waals surface area contributed by atoms with E-state index in [0.29, 0.717) is 0 Å². The van der Waals surface area contributed by atoms with Crippen molar-refractivity contribution >= 4 is 76.2 Å². The average Bonchev–Trinajstić information content (AvgIpc) is 3.92. The summed E-state index contributed by atoms with van der Waals surface area (Å²) in [6.45, 7) is 0. The van der Waals surface area contributed by atoms with Crippen LogP contribution in [-0.2, 0) is 0 Å². The minimum absolute atomic E-state index is 0.263. The number of para-hydroxylation sites is 1. The molecule has 0 aliphatic carbocycles. The van der Waals surface area contributed by atoms with Gasteiger partial charge in [-0.2, -0.15) is 0 Å². The third-order valence-corrected chi connectivity index (χ3v) is 7.50. The Morgan fingerprint density at radius 1 is 0.364 bits per heavy atom. The molecule has 0 bridgehead atoms. The fourth-order valence-corrected chi connectivity index (χ4v) is 5.67. The van der Waals surface area contributed by atoms with Crippen LogP contribution >= 0.6 is 0 Å². The number of hydrogen-bond acceptors (Lipinski definition) is 2. The van der Waals surface area contributed by atoms with Crippen LogP contribution < -0.4 is 0 Å². The molecule has 0 saturated carbocycles. The highest BCUT2D eigenvalue weighted by Crippen LogP contribution is 2.46. The summed E-state index contributed by atoms with van der Waals surface area (Å²) in [6, 6.07) is -20.0. The van der Waals surface area contributed by atoms with Crippen molar-refractivity contribution in [2.45, 2.75) is 0 Å². The Labute approximate surface area is 286 Å². The second-order valence-electron chi connectivity index (χ2n) is 9.77. The van der Waals surface area contributed by atoms with Crippen molar-refractivity contribution < 1.29 is 41.7 Å². The SMILES string of the molecule is [2H]c1c([2H])c([2H])c2c(oc3c4oc5c([2H])c([2H])c(-c6c7c([2H])c([2H])c([2H])c([2H])c7c(-c7c([2H])c([2H])c([2H])c8c([2H])c([2H])c([2H])c([2H])c78)c7c([2H])c([2H])c([2H])c([2H])c67)c([2H])c5c4c([2H])c([2H])c32)c1[2H]. The predicted molar refractivity (Wildman–Crippen MR) is 184 cm³/mol. The van der Waals surface area contributed by atoms with Crippen molar-refractivity contribution in [3.05, 3.63) is 145 Å². The van der Waals surface area contributed by atoms with Gasteiger partial charge in [-0.05, 0) is 84.8 Å². The van der Waals surface area contributed by atoms with E-state index in [9.17, 15) is 12.3 Å².